The highest BCUT2D eigenvalue weighted by Crippen LogP contribution is 2.19. The molecule has 0 fully saturated rings. The van der Waals surface area contributed by atoms with Crippen molar-refractivity contribution in [3.8, 4) is 11.5 Å². The Hall–Kier alpha value is -3.10. The molecule has 0 N–H and O–H groups in total. The summed E-state index contributed by atoms with van der Waals surface area (Å²) in [6.07, 6.45) is 0. The van der Waals surface area contributed by atoms with Gasteiger partial charge < -0.3 is 4.74 Å². The van der Waals surface area contributed by atoms with E-state index in [9.17, 15) is 0 Å². The van der Waals surface area contributed by atoms with Crippen molar-refractivity contribution in [1.29, 1.82) is 0 Å². The maximum Gasteiger partial charge on any atom is 0.154 e. The molecule has 131 valence electrons. The number of ether oxygens (including phenoxy) is 1. The first kappa shape index (κ1) is 17.3. The minimum atomic E-state index is -1.05. The summed E-state index contributed by atoms with van der Waals surface area (Å²) in [6, 6.07) is 38.0. The van der Waals surface area contributed by atoms with Gasteiger partial charge in [0.2, 0.25) is 0 Å². The summed E-state index contributed by atoms with van der Waals surface area (Å²) >= 11 is 0. The molecule has 0 spiro atoms. The van der Waals surface area contributed by atoms with Gasteiger partial charge in [-0.15, -0.1) is 0 Å². The largest absolute Gasteiger partial charge is 0.457 e. The molecule has 0 aliphatic heterocycles. The van der Waals surface area contributed by atoms with E-state index in [-0.39, 0.29) is 0 Å². The summed E-state index contributed by atoms with van der Waals surface area (Å²) in [5.41, 5.74) is 1.35. The number of rotatable bonds is 5. The van der Waals surface area contributed by atoms with E-state index in [0.717, 1.165) is 11.5 Å². The Balaban J connectivity index is 1.69. The molecule has 0 atom stereocenters. The molecule has 1 radical (unpaired) electrons. The van der Waals surface area contributed by atoms with Crippen molar-refractivity contribution in [2.24, 2.45) is 0 Å². The van der Waals surface area contributed by atoms with Crippen LogP contribution in [-0.2, 0) is 0 Å². The third-order valence-electron chi connectivity index (χ3n) is 4.60. The first-order chi connectivity index (χ1) is 13.3. The van der Waals surface area contributed by atoms with Crippen LogP contribution in [0, 0.1) is 6.92 Å². The highest BCUT2D eigenvalue weighted by atomic mass is 28.3. The first-order valence-corrected chi connectivity index (χ1v) is 10.6. The van der Waals surface area contributed by atoms with Gasteiger partial charge in [-0.1, -0.05) is 101 Å². The van der Waals surface area contributed by atoms with Crippen LogP contribution in [0.3, 0.4) is 0 Å². The molecule has 2 heteroatoms. The molecule has 1 nitrogen and oxygen atoms in total. The molecule has 0 amide bonds. The number of para-hydroxylation sites is 1. The van der Waals surface area contributed by atoms with Crippen molar-refractivity contribution in [3.63, 3.8) is 0 Å². The van der Waals surface area contributed by atoms with Crippen LogP contribution in [0.4, 0.5) is 0 Å². The van der Waals surface area contributed by atoms with E-state index in [1.807, 2.05) is 30.3 Å². The van der Waals surface area contributed by atoms with Crippen molar-refractivity contribution in [2.45, 2.75) is 6.92 Å². The van der Waals surface area contributed by atoms with Crippen molar-refractivity contribution < 1.29 is 4.74 Å². The summed E-state index contributed by atoms with van der Waals surface area (Å²) in [5.74, 6) is 1.72. The summed E-state index contributed by atoms with van der Waals surface area (Å²) in [5, 5.41) is 4.19. The van der Waals surface area contributed by atoms with Crippen LogP contribution in [0.2, 0.25) is 0 Å². The lowest BCUT2D eigenvalue weighted by molar-refractivity contribution is 0.483. The van der Waals surface area contributed by atoms with E-state index < -0.39 is 8.80 Å². The van der Waals surface area contributed by atoms with Crippen LogP contribution in [0.5, 0.6) is 11.5 Å². The number of hydrogen-bond donors (Lipinski definition) is 0. The fourth-order valence-corrected chi connectivity index (χ4v) is 5.97. The quantitative estimate of drug-likeness (QED) is 0.378. The highest BCUT2D eigenvalue weighted by Gasteiger charge is 2.21. The predicted octanol–water partition coefficient (Wildman–Crippen LogP) is 4.30. The lowest BCUT2D eigenvalue weighted by Gasteiger charge is -2.19. The van der Waals surface area contributed by atoms with E-state index in [2.05, 4.69) is 85.8 Å². The van der Waals surface area contributed by atoms with E-state index in [4.69, 9.17) is 4.74 Å². The van der Waals surface area contributed by atoms with Crippen LogP contribution in [-0.4, -0.2) is 8.80 Å². The molecule has 0 bridgehead atoms. The minimum Gasteiger partial charge on any atom is -0.457 e. The fourth-order valence-electron chi connectivity index (χ4n) is 3.25. The van der Waals surface area contributed by atoms with Gasteiger partial charge in [0.1, 0.15) is 11.5 Å². The van der Waals surface area contributed by atoms with Gasteiger partial charge >= 0.3 is 0 Å². The van der Waals surface area contributed by atoms with E-state index in [1.54, 1.807) is 0 Å². The number of hydrogen-bond acceptors (Lipinski definition) is 1. The van der Waals surface area contributed by atoms with Gasteiger partial charge in [-0.3, -0.25) is 0 Å². The third-order valence-corrected chi connectivity index (χ3v) is 7.52. The second-order valence-corrected chi connectivity index (χ2v) is 8.94. The molecule has 4 rings (SSSR count). The molecule has 4 aromatic rings. The molecule has 0 aliphatic carbocycles. The third kappa shape index (κ3) is 4.02. The molecular formula is C25H21OSi. The Morgan fingerprint density at radius 2 is 1.04 bits per heavy atom. The van der Waals surface area contributed by atoms with Gasteiger partial charge in [-0.05, 0) is 36.4 Å². The van der Waals surface area contributed by atoms with Gasteiger partial charge in [0, 0.05) is 0 Å². The summed E-state index contributed by atoms with van der Waals surface area (Å²) < 4.78 is 5.96. The Morgan fingerprint density at radius 1 is 0.519 bits per heavy atom. The molecule has 0 saturated carbocycles. The van der Waals surface area contributed by atoms with Crippen LogP contribution >= 0.6 is 0 Å². The molecule has 4 aromatic carbocycles. The second-order valence-electron chi connectivity index (χ2n) is 6.50. The van der Waals surface area contributed by atoms with E-state index >= 15 is 0 Å². The Labute approximate surface area is 162 Å². The van der Waals surface area contributed by atoms with Gasteiger partial charge in [0.15, 0.2) is 8.80 Å². The Kier molecular flexibility index (Phi) is 5.17. The maximum absolute atomic E-state index is 5.96. The number of aryl methyl sites for hydroxylation is 1. The fraction of sp³-hybridized carbons (Fsp3) is 0.0400. The van der Waals surface area contributed by atoms with Crippen LogP contribution < -0.4 is 20.3 Å². The predicted molar refractivity (Wildman–Crippen MR) is 115 cm³/mol. The SMILES string of the molecule is Cc1ccccc1[Si](c1ccccc1)c1ccc(Oc2ccccc2)cc1. The van der Waals surface area contributed by atoms with Crippen molar-refractivity contribution in [2.75, 3.05) is 0 Å². The minimum absolute atomic E-state index is 0.859. The maximum atomic E-state index is 5.96. The Bertz CT molecular complexity index is 995. The molecular weight excluding hydrogens is 344 g/mol. The highest BCUT2D eigenvalue weighted by molar-refractivity contribution is 6.95. The second kappa shape index (κ2) is 8.06. The molecule has 0 heterocycles. The van der Waals surface area contributed by atoms with Gasteiger partial charge in [0.05, 0.1) is 0 Å². The van der Waals surface area contributed by atoms with Gasteiger partial charge in [-0.25, -0.2) is 0 Å². The van der Waals surface area contributed by atoms with Crippen LogP contribution in [0.25, 0.3) is 0 Å². The topological polar surface area (TPSA) is 9.23 Å². The Morgan fingerprint density at radius 3 is 1.70 bits per heavy atom. The van der Waals surface area contributed by atoms with Crippen molar-refractivity contribution in [3.05, 3.63) is 115 Å². The average molecular weight is 366 g/mol. The van der Waals surface area contributed by atoms with E-state index in [0.29, 0.717) is 0 Å². The molecule has 0 aliphatic rings. The molecule has 27 heavy (non-hydrogen) atoms. The van der Waals surface area contributed by atoms with Crippen molar-refractivity contribution >= 4 is 24.4 Å². The zero-order chi connectivity index (χ0) is 18.5. The van der Waals surface area contributed by atoms with Crippen molar-refractivity contribution in [1.82, 2.24) is 0 Å². The summed E-state index contributed by atoms with van der Waals surface area (Å²) in [6.45, 7) is 2.20. The summed E-state index contributed by atoms with van der Waals surface area (Å²) in [4.78, 5) is 0. The van der Waals surface area contributed by atoms with E-state index in [1.165, 1.54) is 21.1 Å². The van der Waals surface area contributed by atoms with Gasteiger partial charge in [-0.2, -0.15) is 0 Å². The summed E-state index contributed by atoms with van der Waals surface area (Å²) in [7, 11) is -1.05. The normalized spacial score (nSPS) is 10.7. The first-order valence-electron chi connectivity index (χ1n) is 9.13. The molecule has 0 saturated heterocycles. The zero-order valence-corrected chi connectivity index (χ0v) is 16.3. The molecule has 0 unspecified atom stereocenters. The van der Waals surface area contributed by atoms with Gasteiger partial charge in [0.25, 0.3) is 0 Å². The molecule has 0 aromatic heterocycles. The zero-order valence-electron chi connectivity index (χ0n) is 15.3. The van der Waals surface area contributed by atoms with Crippen LogP contribution in [0.15, 0.2) is 109 Å². The monoisotopic (exact) mass is 365 g/mol. The number of benzene rings is 4. The average Bonchev–Trinajstić information content (AvgIpc) is 2.72. The van der Waals surface area contributed by atoms with Crippen LogP contribution in [0.1, 0.15) is 5.56 Å². The lowest BCUT2D eigenvalue weighted by atomic mass is 10.2. The smallest absolute Gasteiger partial charge is 0.154 e. The lowest BCUT2D eigenvalue weighted by Crippen LogP contribution is -2.52. The standard InChI is InChI=1S/C25H21OSi/c1-20-10-8-9-15-25(20)27(23-13-6-3-7-14-23)24-18-16-22(17-19-24)26-21-11-4-2-5-12-21/h2-19H,1H3.